The summed E-state index contributed by atoms with van der Waals surface area (Å²) in [6, 6.07) is 9.89. The molecule has 1 aliphatic carbocycles. The second kappa shape index (κ2) is 8.19. The van der Waals surface area contributed by atoms with Gasteiger partial charge in [-0.1, -0.05) is 62.4 Å². The van der Waals surface area contributed by atoms with Crippen molar-refractivity contribution in [3.63, 3.8) is 0 Å². The number of esters is 1. The van der Waals surface area contributed by atoms with Gasteiger partial charge < -0.3 is 14.8 Å². The topological polar surface area (TPSA) is 85.0 Å². The Morgan fingerprint density at radius 2 is 1.85 bits per heavy atom. The van der Waals surface area contributed by atoms with Crippen LogP contribution >= 0.6 is 0 Å². The molecule has 3 fully saturated rings. The molecular formula is C28H33NO5. The highest BCUT2D eigenvalue weighted by molar-refractivity contribution is 5.97. The standard InChI is InChI=1S/C28H33NO5/c1-16-9-8-12-20-25-27(4,34-25)18(3)23-21(15-19-10-6-5-7-11-19)29-26(32)28(20,23)33-22(30)14-13-17(2)24(16)31/h5-8,10-13,16,18,20-21,23,25H,9,14-15H2,1-4H3,(H,29,32)/b12-8+,17-13-/t16-,18+,20+,21-,23+,25-,27+,28+/m1/s1. The lowest BCUT2D eigenvalue weighted by Crippen LogP contribution is -2.61. The van der Waals surface area contributed by atoms with E-state index < -0.39 is 17.5 Å². The third-order valence-corrected chi connectivity index (χ3v) is 8.58. The number of carbonyl (C=O) groups excluding carboxylic acids is 3. The third kappa shape index (κ3) is 3.46. The summed E-state index contributed by atoms with van der Waals surface area (Å²) in [5, 5.41) is 3.21. The number of Topliss-reactive ketones (excluding diaryl/α,β-unsaturated/α-hetero) is 1. The highest BCUT2D eigenvalue weighted by atomic mass is 16.6. The molecule has 3 aliphatic heterocycles. The van der Waals surface area contributed by atoms with Crippen LogP contribution in [0.5, 0.6) is 0 Å². The van der Waals surface area contributed by atoms with Crippen LogP contribution in [-0.2, 0) is 30.3 Å². The zero-order chi connectivity index (χ0) is 24.3. The van der Waals surface area contributed by atoms with Crippen LogP contribution in [-0.4, -0.2) is 41.0 Å². The van der Waals surface area contributed by atoms with Gasteiger partial charge in [-0.05, 0) is 43.7 Å². The number of allylic oxidation sites excluding steroid dienone is 2. The first kappa shape index (κ1) is 23.0. The van der Waals surface area contributed by atoms with Gasteiger partial charge in [-0.3, -0.25) is 14.4 Å². The van der Waals surface area contributed by atoms with Crippen molar-refractivity contribution in [3.05, 3.63) is 59.7 Å². The molecule has 0 unspecified atom stereocenters. The van der Waals surface area contributed by atoms with Gasteiger partial charge in [-0.2, -0.15) is 0 Å². The Balaban J connectivity index is 1.58. The van der Waals surface area contributed by atoms with Gasteiger partial charge in [0.15, 0.2) is 5.78 Å². The minimum atomic E-state index is -1.33. The third-order valence-electron chi connectivity index (χ3n) is 8.58. The number of fused-ring (bicyclic) bond motifs is 2. The molecule has 5 rings (SSSR count). The highest BCUT2D eigenvalue weighted by Crippen LogP contribution is 2.63. The smallest absolute Gasteiger partial charge is 0.310 e. The molecule has 3 heterocycles. The molecule has 180 valence electrons. The molecule has 1 amide bonds. The van der Waals surface area contributed by atoms with Gasteiger partial charge in [0.25, 0.3) is 5.91 Å². The van der Waals surface area contributed by atoms with Crippen molar-refractivity contribution >= 4 is 17.7 Å². The van der Waals surface area contributed by atoms with Crippen LogP contribution in [0.1, 0.15) is 46.1 Å². The fourth-order valence-corrected chi connectivity index (χ4v) is 6.50. The highest BCUT2D eigenvalue weighted by Gasteiger charge is 2.78. The van der Waals surface area contributed by atoms with E-state index in [0.29, 0.717) is 18.4 Å². The number of ketones is 1. The molecule has 8 atom stereocenters. The van der Waals surface area contributed by atoms with Crippen LogP contribution in [0.2, 0.25) is 0 Å². The van der Waals surface area contributed by atoms with E-state index in [1.54, 1.807) is 13.0 Å². The quantitative estimate of drug-likeness (QED) is 0.412. The maximum atomic E-state index is 13.8. The Morgan fingerprint density at radius 1 is 1.12 bits per heavy atom. The van der Waals surface area contributed by atoms with Crippen molar-refractivity contribution in [3.8, 4) is 0 Å². The minimum absolute atomic E-state index is 0.00768. The first-order valence-corrected chi connectivity index (χ1v) is 12.3. The summed E-state index contributed by atoms with van der Waals surface area (Å²) in [7, 11) is 0. The van der Waals surface area contributed by atoms with Gasteiger partial charge in [0.1, 0.15) is 0 Å². The Bertz CT molecular complexity index is 1080. The van der Waals surface area contributed by atoms with E-state index in [1.807, 2.05) is 37.3 Å². The summed E-state index contributed by atoms with van der Waals surface area (Å²) < 4.78 is 12.5. The summed E-state index contributed by atoms with van der Waals surface area (Å²) in [6.07, 6.45) is 6.53. The molecule has 1 aromatic carbocycles. The number of nitrogens with one attached hydrogen (secondary N) is 1. The largest absolute Gasteiger partial charge is 0.448 e. The summed E-state index contributed by atoms with van der Waals surface area (Å²) in [5.41, 5.74) is -0.0388. The molecule has 4 aliphatic rings. The molecule has 6 heteroatoms. The van der Waals surface area contributed by atoms with Crippen molar-refractivity contribution in [1.82, 2.24) is 5.32 Å². The molecule has 1 saturated carbocycles. The number of amides is 1. The number of hydrogen-bond donors (Lipinski definition) is 1. The number of carbonyl (C=O) groups is 3. The van der Waals surface area contributed by atoms with E-state index in [1.165, 1.54) is 0 Å². The van der Waals surface area contributed by atoms with E-state index in [2.05, 4.69) is 31.3 Å². The van der Waals surface area contributed by atoms with Crippen molar-refractivity contribution in [2.24, 2.45) is 23.7 Å². The molecule has 0 radical (unpaired) electrons. The summed E-state index contributed by atoms with van der Waals surface area (Å²) in [6.45, 7) is 7.83. The lowest BCUT2D eigenvalue weighted by molar-refractivity contribution is -0.181. The minimum Gasteiger partial charge on any atom is -0.448 e. The van der Waals surface area contributed by atoms with E-state index in [4.69, 9.17) is 9.47 Å². The Kier molecular flexibility index (Phi) is 5.55. The molecule has 2 saturated heterocycles. The van der Waals surface area contributed by atoms with Crippen LogP contribution in [0.4, 0.5) is 0 Å². The van der Waals surface area contributed by atoms with E-state index in [0.717, 1.165) is 5.56 Å². The zero-order valence-corrected chi connectivity index (χ0v) is 20.2. The monoisotopic (exact) mass is 463 g/mol. The molecular weight excluding hydrogens is 430 g/mol. The fourth-order valence-electron chi connectivity index (χ4n) is 6.50. The summed E-state index contributed by atoms with van der Waals surface area (Å²) in [4.78, 5) is 39.5. The lowest BCUT2D eigenvalue weighted by atomic mass is 9.59. The van der Waals surface area contributed by atoms with E-state index in [9.17, 15) is 14.4 Å². The van der Waals surface area contributed by atoms with Gasteiger partial charge in [0.05, 0.1) is 24.0 Å². The van der Waals surface area contributed by atoms with Crippen LogP contribution in [0.3, 0.4) is 0 Å². The molecule has 34 heavy (non-hydrogen) atoms. The molecule has 0 aromatic heterocycles. The average molecular weight is 464 g/mol. The number of benzene rings is 1. The number of epoxide rings is 1. The Morgan fingerprint density at radius 3 is 2.59 bits per heavy atom. The molecule has 1 N–H and O–H groups in total. The predicted octanol–water partition coefficient (Wildman–Crippen LogP) is 3.55. The Labute approximate surface area is 200 Å². The van der Waals surface area contributed by atoms with E-state index >= 15 is 0 Å². The van der Waals surface area contributed by atoms with Gasteiger partial charge >= 0.3 is 5.97 Å². The fraction of sp³-hybridized carbons (Fsp3) is 0.536. The summed E-state index contributed by atoms with van der Waals surface area (Å²) >= 11 is 0. The summed E-state index contributed by atoms with van der Waals surface area (Å²) in [5.74, 6) is -1.55. The molecule has 1 aromatic rings. The van der Waals surface area contributed by atoms with Gasteiger partial charge in [0.2, 0.25) is 5.60 Å². The number of hydrogen-bond acceptors (Lipinski definition) is 5. The van der Waals surface area contributed by atoms with Gasteiger partial charge in [0, 0.05) is 17.9 Å². The number of ether oxygens (including phenoxy) is 2. The van der Waals surface area contributed by atoms with Crippen LogP contribution in [0.25, 0.3) is 0 Å². The van der Waals surface area contributed by atoms with Crippen LogP contribution in [0.15, 0.2) is 54.1 Å². The van der Waals surface area contributed by atoms with Crippen molar-refractivity contribution in [2.45, 2.75) is 70.3 Å². The molecule has 1 spiro atoms. The van der Waals surface area contributed by atoms with Gasteiger partial charge in [-0.15, -0.1) is 0 Å². The average Bonchev–Trinajstić information content (AvgIpc) is 3.43. The second-order valence-corrected chi connectivity index (χ2v) is 10.6. The number of rotatable bonds is 2. The van der Waals surface area contributed by atoms with Crippen molar-refractivity contribution in [1.29, 1.82) is 0 Å². The Hall–Kier alpha value is -2.73. The second-order valence-electron chi connectivity index (χ2n) is 10.6. The lowest BCUT2D eigenvalue weighted by Gasteiger charge is -2.46. The molecule has 6 nitrogen and oxygen atoms in total. The van der Waals surface area contributed by atoms with E-state index in [-0.39, 0.29) is 53.6 Å². The maximum Gasteiger partial charge on any atom is 0.310 e. The first-order valence-electron chi connectivity index (χ1n) is 12.3. The first-order chi connectivity index (χ1) is 16.2. The van der Waals surface area contributed by atoms with Crippen LogP contribution < -0.4 is 5.32 Å². The van der Waals surface area contributed by atoms with Crippen molar-refractivity contribution in [2.75, 3.05) is 0 Å². The normalized spacial score (nSPS) is 44.1. The predicted molar refractivity (Wildman–Crippen MR) is 127 cm³/mol. The van der Waals surface area contributed by atoms with Crippen LogP contribution in [0, 0.1) is 23.7 Å². The van der Waals surface area contributed by atoms with Crippen molar-refractivity contribution < 1.29 is 23.9 Å². The maximum absolute atomic E-state index is 13.8. The molecule has 0 bridgehead atoms. The van der Waals surface area contributed by atoms with Gasteiger partial charge in [-0.25, -0.2) is 0 Å². The SMILES string of the molecule is C/C1=C/CC(=O)O[C@]23C(=O)N[C@H](Cc4ccccc4)[C@@H]2[C@H](C)[C@]2(C)O[C@@H]2[C@@H]3/C=C/C[C@@H](C)C1=O. The zero-order valence-electron chi connectivity index (χ0n) is 20.2.